The molecule has 0 atom stereocenters. The quantitative estimate of drug-likeness (QED) is 0.900. The number of carboxylic acid groups (broad SMARTS) is 1. The van der Waals surface area contributed by atoms with Gasteiger partial charge in [-0.15, -0.1) is 0 Å². The zero-order chi connectivity index (χ0) is 13.8. The number of hydrogen-bond donors (Lipinski definition) is 1. The molecule has 19 heavy (non-hydrogen) atoms. The second-order valence-corrected chi connectivity index (χ2v) is 5.21. The number of hydrogen-bond acceptors (Lipinski definition) is 3. The summed E-state index contributed by atoms with van der Waals surface area (Å²) in [4.78, 5) is 15.2. The number of benzene rings is 1. The van der Waals surface area contributed by atoms with Crippen molar-refractivity contribution in [3.8, 4) is 0 Å². The van der Waals surface area contributed by atoms with Gasteiger partial charge in [0.15, 0.2) is 0 Å². The maximum Gasteiger partial charge on any atom is 0.304 e. The smallest absolute Gasteiger partial charge is 0.304 e. The van der Waals surface area contributed by atoms with Crippen LogP contribution in [-0.2, 0) is 4.79 Å². The molecule has 104 valence electrons. The van der Waals surface area contributed by atoms with Gasteiger partial charge >= 0.3 is 5.97 Å². The minimum atomic E-state index is -0.711. The third-order valence-corrected chi connectivity index (χ3v) is 3.77. The predicted octanol–water partition coefficient (Wildman–Crippen LogP) is 1.90. The van der Waals surface area contributed by atoms with Crippen LogP contribution in [-0.4, -0.2) is 48.7 Å². The molecule has 2 rings (SSSR count). The first-order chi connectivity index (χ1) is 9.08. The number of aryl methyl sites for hydroxylation is 2. The van der Waals surface area contributed by atoms with Gasteiger partial charge in [0.2, 0.25) is 0 Å². The summed E-state index contributed by atoms with van der Waals surface area (Å²) in [6, 6.07) is 6.40. The topological polar surface area (TPSA) is 43.8 Å². The normalized spacial score (nSPS) is 16.6. The summed E-state index contributed by atoms with van der Waals surface area (Å²) in [5.41, 5.74) is 3.98. The molecular formula is C15H22N2O2. The fraction of sp³-hybridized carbons (Fsp3) is 0.533. The molecule has 0 saturated carbocycles. The van der Waals surface area contributed by atoms with Crippen molar-refractivity contribution >= 4 is 11.7 Å². The summed E-state index contributed by atoms with van der Waals surface area (Å²) in [5, 5.41) is 8.71. The van der Waals surface area contributed by atoms with Crippen molar-refractivity contribution in [3.63, 3.8) is 0 Å². The van der Waals surface area contributed by atoms with E-state index in [0.717, 1.165) is 26.2 Å². The van der Waals surface area contributed by atoms with Gasteiger partial charge in [-0.1, -0.05) is 18.2 Å². The number of rotatable bonds is 4. The van der Waals surface area contributed by atoms with E-state index in [1.807, 2.05) is 0 Å². The van der Waals surface area contributed by atoms with Crippen molar-refractivity contribution in [3.05, 3.63) is 29.3 Å². The number of carbonyl (C=O) groups is 1. The number of carboxylic acids is 1. The minimum absolute atomic E-state index is 0.239. The van der Waals surface area contributed by atoms with E-state index in [1.165, 1.54) is 16.8 Å². The highest BCUT2D eigenvalue weighted by Crippen LogP contribution is 2.25. The molecule has 1 aromatic carbocycles. The number of nitrogens with zero attached hydrogens (tertiary/aromatic N) is 2. The van der Waals surface area contributed by atoms with Crippen LogP contribution in [0.15, 0.2) is 18.2 Å². The summed E-state index contributed by atoms with van der Waals surface area (Å²) in [7, 11) is 0. The summed E-state index contributed by atoms with van der Waals surface area (Å²) in [6.07, 6.45) is 0.239. The Labute approximate surface area is 114 Å². The summed E-state index contributed by atoms with van der Waals surface area (Å²) < 4.78 is 0. The average Bonchev–Trinajstić information content (AvgIpc) is 2.37. The van der Waals surface area contributed by atoms with Crippen LogP contribution in [0.3, 0.4) is 0 Å². The van der Waals surface area contributed by atoms with Crippen LogP contribution in [0.5, 0.6) is 0 Å². The second-order valence-electron chi connectivity index (χ2n) is 5.21. The number of piperazine rings is 1. The fourth-order valence-corrected chi connectivity index (χ4v) is 2.75. The molecular weight excluding hydrogens is 240 g/mol. The highest BCUT2D eigenvalue weighted by atomic mass is 16.4. The van der Waals surface area contributed by atoms with E-state index in [9.17, 15) is 4.79 Å². The second kappa shape index (κ2) is 6.06. The molecule has 1 aliphatic rings. The fourth-order valence-electron chi connectivity index (χ4n) is 2.75. The Hall–Kier alpha value is -1.55. The van der Waals surface area contributed by atoms with Gasteiger partial charge in [-0.2, -0.15) is 0 Å². The Kier molecular flexibility index (Phi) is 4.43. The van der Waals surface area contributed by atoms with Crippen molar-refractivity contribution in [2.24, 2.45) is 0 Å². The van der Waals surface area contributed by atoms with Crippen LogP contribution < -0.4 is 4.90 Å². The molecule has 1 N–H and O–H groups in total. The summed E-state index contributed by atoms with van der Waals surface area (Å²) >= 11 is 0. The van der Waals surface area contributed by atoms with Crippen molar-refractivity contribution < 1.29 is 9.90 Å². The molecule has 4 nitrogen and oxygen atoms in total. The van der Waals surface area contributed by atoms with Gasteiger partial charge in [0, 0.05) is 38.4 Å². The van der Waals surface area contributed by atoms with E-state index < -0.39 is 5.97 Å². The molecule has 0 aromatic heterocycles. The third-order valence-electron chi connectivity index (χ3n) is 3.77. The predicted molar refractivity (Wildman–Crippen MR) is 76.8 cm³/mol. The highest BCUT2D eigenvalue weighted by Gasteiger charge is 2.19. The van der Waals surface area contributed by atoms with Crippen LogP contribution in [0.1, 0.15) is 17.5 Å². The Balaban J connectivity index is 1.94. The Morgan fingerprint density at radius 1 is 1.16 bits per heavy atom. The van der Waals surface area contributed by atoms with E-state index in [0.29, 0.717) is 6.54 Å². The lowest BCUT2D eigenvalue weighted by Crippen LogP contribution is -2.47. The number of anilines is 1. The zero-order valence-electron chi connectivity index (χ0n) is 11.7. The van der Waals surface area contributed by atoms with Gasteiger partial charge < -0.3 is 10.0 Å². The summed E-state index contributed by atoms with van der Waals surface area (Å²) in [5.74, 6) is -0.711. The van der Waals surface area contributed by atoms with Crippen molar-refractivity contribution in [2.75, 3.05) is 37.6 Å². The molecule has 0 radical (unpaired) electrons. The van der Waals surface area contributed by atoms with E-state index in [2.05, 4.69) is 41.8 Å². The third kappa shape index (κ3) is 3.47. The van der Waals surface area contributed by atoms with Gasteiger partial charge in [0.1, 0.15) is 0 Å². The van der Waals surface area contributed by atoms with Gasteiger partial charge in [-0.25, -0.2) is 0 Å². The summed E-state index contributed by atoms with van der Waals surface area (Å²) in [6.45, 7) is 8.81. The van der Waals surface area contributed by atoms with E-state index in [-0.39, 0.29) is 6.42 Å². The van der Waals surface area contributed by atoms with Gasteiger partial charge in [-0.3, -0.25) is 9.69 Å². The van der Waals surface area contributed by atoms with Crippen LogP contribution in [0.2, 0.25) is 0 Å². The largest absolute Gasteiger partial charge is 0.481 e. The first-order valence-electron chi connectivity index (χ1n) is 6.83. The van der Waals surface area contributed by atoms with Gasteiger partial charge in [0.05, 0.1) is 6.42 Å². The Morgan fingerprint density at radius 2 is 1.74 bits per heavy atom. The van der Waals surface area contributed by atoms with Crippen LogP contribution in [0.4, 0.5) is 5.69 Å². The molecule has 1 fully saturated rings. The molecule has 0 amide bonds. The molecule has 4 heteroatoms. The highest BCUT2D eigenvalue weighted by molar-refractivity contribution is 5.66. The molecule has 0 bridgehead atoms. The first-order valence-corrected chi connectivity index (χ1v) is 6.83. The van der Waals surface area contributed by atoms with Crippen LogP contribution in [0.25, 0.3) is 0 Å². The van der Waals surface area contributed by atoms with Gasteiger partial charge in [0.25, 0.3) is 0 Å². The minimum Gasteiger partial charge on any atom is -0.481 e. The van der Waals surface area contributed by atoms with E-state index in [1.54, 1.807) is 0 Å². The van der Waals surface area contributed by atoms with Gasteiger partial charge in [-0.05, 0) is 25.0 Å². The maximum atomic E-state index is 10.6. The monoisotopic (exact) mass is 262 g/mol. The lowest BCUT2D eigenvalue weighted by molar-refractivity contribution is -0.137. The Bertz CT molecular complexity index is 431. The van der Waals surface area contributed by atoms with Crippen molar-refractivity contribution in [1.29, 1.82) is 0 Å². The molecule has 0 spiro atoms. The molecule has 1 heterocycles. The zero-order valence-corrected chi connectivity index (χ0v) is 11.7. The van der Waals surface area contributed by atoms with E-state index in [4.69, 9.17) is 5.11 Å². The lowest BCUT2D eigenvalue weighted by atomic mass is 10.1. The van der Waals surface area contributed by atoms with Crippen LogP contribution >= 0.6 is 0 Å². The first kappa shape index (κ1) is 13.9. The number of aliphatic carboxylic acids is 1. The van der Waals surface area contributed by atoms with Crippen LogP contribution in [0, 0.1) is 13.8 Å². The van der Waals surface area contributed by atoms with Crippen molar-refractivity contribution in [2.45, 2.75) is 20.3 Å². The average molecular weight is 262 g/mol. The maximum absolute atomic E-state index is 10.6. The lowest BCUT2D eigenvalue weighted by Gasteiger charge is -2.37. The molecule has 0 unspecified atom stereocenters. The molecule has 0 aliphatic carbocycles. The van der Waals surface area contributed by atoms with Crippen molar-refractivity contribution in [1.82, 2.24) is 4.90 Å². The molecule has 1 saturated heterocycles. The molecule has 1 aliphatic heterocycles. The Morgan fingerprint density at radius 3 is 2.26 bits per heavy atom. The SMILES string of the molecule is Cc1cccc(C)c1N1CCN(CCC(=O)O)CC1. The standard InChI is InChI=1S/C15H22N2O2/c1-12-4-3-5-13(2)15(12)17-10-8-16(9-11-17)7-6-14(18)19/h3-5H,6-11H2,1-2H3,(H,18,19). The number of para-hydroxylation sites is 1. The van der Waals surface area contributed by atoms with E-state index >= 15 is 0 Å². The molecule has 1 aromatic rings.